The van der Waals surface area contributed by atoms with E-state index in [1.165, 1.54) is 10.9 Å². The highest BCUT2D eigenvalue weighted by Gasteiger charge is 2.10. The second-order valence-corrected chi connectivity index (χ2v) is 4.48. The average Bonchev–Trinajstić information content (AvgIpc) is 2.30. The van der Waals surface area contributed by atoms with E-state index in [-0.39, 0.29) is 6.04 Å². The molecule has 0 aliphatic rings. The standard InChI is InChI=1S/C14H16ClN/c1-2-5-14(16)12-8-9-13(15)11-7-4-3-6-10(11)12/h3-4,6-9,14H,2,5,16H2,1H3. The molecule has 0 aliphatic heterocycles. The molecule has 0 saturated heterocycles. The van der Waals surface area contributed by atoms with Crippen molar-refractivity contribution in [2.75, 3.05) is 0 Å². The van der Waals surface area contributed by atoms with E-state index in [1.807, 2.05) is 30.3 Å². The van der Waals surface area contributed by atoms with Gasteiger partial charge in [-0.05, 0) is 23.4 Å². The van der Waals surface area contributed by atoms with Gasteiger partial charge in [0.05, 0.1) is 0 Å². The third-order valence-corrected chi connectivity index (χ3v) is 3.23. The highest BCUT2D eigenvalue weighted by atomic mass is 35.5. The predicted molar refractivity (Wildman–Crippen MR) is 70.8 cm³/mol. The highest BCUT2D eigenvalue weighted by Crippen LogP contribution is 2.30. The number of benzene rings is 2. The van der Waals surface area contributed by atoms with Gasteiger partial charge in [0.15, 0.2) is 0 Å². The summed E-state index contributed by atoms with van der Waals surface area (Å²) in [6, 6.07) is 12.3. The lowest BCUT2D eigenvalue weighted by Gasteiger charge is -2.14. The summed E-state index contributed by atoms with van der Waals surface area (Å²) in [7, 11) is 0. The van der Waals surface area contributed by atoms with Gasteiger partial charge in [0.2, 0.25) is 0 Å². The summed E-state index contributed by atoms with van der Waals surface area (Å²) in [6.45, 7) is 2.15. The zero-order chi connectivity index (χ0) is 11.5. The van der Waals surface area contributed by atoms with Crippen molar-refractivity contribution in [2.24, 2.45) is 5.73 Å². The molecule has 0 aromatic heterocycles. The molecule has 0 aliphatic carbocycles. The Hall–Kier alpha value is -1.05. The van der Waals surface area contributed by atoms with Crippen molar-refractivity contribution in [3.63, 3.8) is 0 Å². The second kappa shape index (κ2) is 4.86. The Bertz CT molecular complexity index is 493. The van der Waals surface area contributed by atoms with Gasteiger partial charge in [0.25, 0.3) is 0 Å². The van der Waals surface area contributed by atoms with Gasteiger partial charge < -0.3 is 5.73 Å². The van der Waals surface area contributed by atoms with Gasteiger partial charge in [0, 0.05) is 16.5 Å². The first-order valence-electron chi connectivity index (χ1n) is 5.66. The zero-order valence-corrected chi connectivity index (χ0v) is 10.2. The van der Waals surface area contributed by atoms with Crippen molar-refractivity contribution in [1.82, 2.24) is 0 Å². The minimum Gasteiger partial charge on any atom is -0.324 e. The van der Waals surface area contributed by atoms with Crippen molar-refractivity contribution in [3.8, 4) is 0 Å². The smallest absolute Gasteiger partial charge is 0.0484 e. The molecule has 1 unspecified atom stereocenters. The van der Waals surface area contributed by atoms with Crippen LogP contribution in [-0.4, -0.2) is 0 Å². The number of halogens is 1. The Morgan fingerprint density at radius 1 is 1.12 bits per heavy atom. The fraction of sp³-hybridized carbons (Fsp3) is 0.286. The van der Waals surface area contributed by atoms with E-state index in [2.05, 4.69) is 13.0 Å². The van der Waals surface area contributed by atoms with Gasteiger partial charge in [-0.2, -0.15) is 0 Å². The molecule has 0 heterocycles. The van der Waals surface area contributed by atoms with E-state index in [0.29, 0.717) is 0 Å². The molecule has 0 amide bonds. The van der Waals surface area contributed by atoms with E-state index >= 15 is 0 Å². The molecular formula is C14H16ClN. The third kappa shape index (κ3) is 2.06. The minimum atomic E-state index is 0.104. The Morgan fingerprint density at radius 2 is 1.81 bits per heavy atom. The molecule has 0 radical (unpaired) electrons. The van der Waals surface area contributed by atoms with E-state index in [1.54, 1.807) is 0 Å². The van der Waals surface area contributed by atoms with Gasteiger partial charge in [-0.25, -0.2) is 0 Å². The Morgan fingerprint density at radius 3 is 2.50 bits per heavy atom. The molecule has 0 fully saturated rings. The Labute approximate surface area is 101 Å². The van der Waals surface area contributed by atoms with E-state index in [4.69, 9.17) is 17.3 Å². The lowest BCUT2D eigenvalue weighted by atomic mass is 9.97. The third-order valence-electron chi connectivity index (χ3n) is 2.90. The van der Waals surface area contributed by atoms with Crippen LogP contribution in [0.1, 0.15) is 31.4 Å². The second-order valence-electron chi connectivity index (χ2n) is 4.08. The van der Waals surface area contributed by atoms with Gasteiger partial charge in [-0.3, -0.25) is 0 Å². The summed E-state index contributed by atoms with van der Waals surface area (Å²) < 4.78 is 0. The fourth-order valence-electron chi connectivity index (χ4n) is 2.08. The number of rotatable bonds is 3. The number of hydrogen-bond donors (Lipinski definition) is 1. The van der Waals surface area contributed by atoms with Gasteiger partial charge >= 0.3 is 0 Å². The first kappa shape index (κ1) is 11.4. The molecule has 0 saturated carbocycles. The lowest BCUT2D eigenvalue weighted by Crippen LogP contribution is -2.10. The maximum absolute atomic E-state index is 6.18. The molecule has 2 aromatic rings. The number of fused-ring (bicyclic) bond motifs is 1. The lowest BCUT2D eigenvalue weighted by molar-refractivity contribution is 0.642. The normalized spacial score (nSPS) is 12.9. The van der Waals surface area contributed by atoms with Gasteiger partial charge in [0.1, 0.15) is 0 Å². The number of hydrogen-bond acceptors (Lipinski definition) is 1. The van der Waals surface area contributed by atoms with Crippen molar-refractivity contribution >= 4 is 22.4 Å². The number of nitrogens with two attached hydrogens (primary N) is 1. The molecular weight excluding hydrogens is 218 g/mol. The van der Waals surface area contributed by atoms with Crippen molar-refractivity contribution in [3.05, 3.63) is 47.0 Å². The molecule has 0 spiro atoms. The predicted octanol–water partition coefficient (Wildman–Crippen LogP) is 4.29. The van der Waals surface area contributed by atoms with Crippen molar-refractivity contribution in [1.29, 1.82) is 0 Å². The SMILES string of the molecule is CCCC(N)c1ccc(Cl)c2ccccc12. The van der Waals surface area contributed by atoms with E-state index in [9.17, 15) is 0 Å². The van der Waals surface area contributed by atoms with Crippen molar-refractivity contribution < 1.29 is 0 Å². The quantitative estimate of drug-likeness (QED) is 0.841. The van der Waals surface area contributed by atoms with Crippen LogP contribution in [0.5, 0.6) is 0 Å². The monoisotopic (exact) mass is 233 g/mol. The van der Waals surface area contributed by atoms with Crippen LogP contribution >= 0.6 is 11.6 Å². The Balaban J connectivity index is 2.58. The fourth-order valence-corrected chi connectivity index (χ4v) is 2.30. The summed E-state index contributed by atoms with van der Waals surface area (Å²) >= 11 is 6.17. The average molecular weight is 234 g/mol. The molecule has 2 aromatic carbocycles. The molecule has 1 nitrogen and oxygen atoms in total. The summed E-state index contributed by atoms with van der Waals surface area (Å²) in [5.41, 5.74) is 7.37. The minimum absolute atomic E-state index is 0.104. The Kier molecular flexibility index (Phi) is 3.47. The van der Waals surface area contributed by atoms with Crippen LogP contribution in [0.15, 0.2) is 36.4 Å². The molecule has 1 atom stereocenters. The van der Waals surface area contributed by atoms with Crippen LogP contribution in [0.25, 0.3) is 10.8 Å². The largest absolute Gasteiger partial charge is 0.324 e. The summed E-state index contributed by atoms with van der Waals surface area (Å²) in [6.07, 6.45) is 2.10. The van der Waals surface area contributed by atoms with Crippen LogP contribution in [0.4, 0.5) is 0 Å². The molecule has 2 heteroatoms. The van der Waals surface area contributed by atoms with Crippen LogP contribution in [0, 0.1) is 0 Å². The van der Waals surface area contributed by atoms with Crippen LogP contribution in [0.3, 0.4) is 0 Å². The van der Waals surface area contributed by atoms with E-state index in [0.717, 1.165) is 23.3 Å². The van der Waals surface area contributed by atoms with Crippen LogP contribution < -0.4 is 5.73 Å². The summed E-state index contributed by atoms with van der Waals surface area (Å²) in [5, 5.41) is 3.06. The van der Waals surface area contributed by atoms with Gasteiger partial charge in [-0.1, -0.05) is 55.3 Å². The maximum Gasteiger partial charge on any atom is 0.0484 e. The summed E-state index contributed by atoms with van der Waals surface area (Å²) in [4.78, 5) is 0. The first-order valence-corrected chi connectivity index (χ1v) is 6.04. The van der Waals surface area contributed by atoms with E-state index < -0.39 is 0 Å². The maximum atomic E-state index is 6.18. The van der Waals surface area contributed by atoms with Crippen molar-refractivity contribution in [2.45, 2.75) is 25.8 Å². The molecule has 84 valence electrons. The molecule has 0 bridgehead atoms. The molecule has 2 N–H and O–H groups in total. The van der Waals surface area contributed by atoms with Crippen LogP contribution in [-0.2, 0) is 0 Å². The van der Waals surface area contributed by atoms with Crippen LogP contribution in [0.2, 0.25) is 5.02 Å². The highest BCUT2D eigenvalue weighted by molar-refractivity contribution is 6.35. The van der Waals surface area contributed by atoms with Gasteiger partial charge in [-0.15, -0.1) is 0 Å². The molecule has 16 heavy (non-hydrogen) atoms. The zero-order valence-electron chi connectivity index (χ0n) is 9.41. The molecule has 2 rings (SSSR count). The summed E-state index contributed by atoms with van der Waals surface area (Å²) in [5.74, 6) is 0. The topological polar surface area (TPSA) is 26.0 Å². The first-order chi connectivity index (χ1) is 7.74.